The largest absolute Gasteiger partial charge is 0.354 e. The van der Waals surface area contributed by atoms with Gasteiger partial charge in [0.2, 0.25) is 5.91 Å². The number of nitrogens with zero attached hydrogens (tertiary/aromatic N) is 2. The molecule has 4 amide bonds. The maximum absolute atomic E-state index is 13.2. The molecule has 7 heteroatoms. The summed E-state index contributed by atoms with van der Waals surface area (Å²) in [6.07, 6.45) is 9.21. The van der Waals surface area contributed by atoms with Crippen LogP contribution in [0.5, 0.6) is 0 Å². The predicted octanol–water partition coefficient (Wildman–Crippen LogP) is 2.58. The summed E-state index contributed by atoms with van der Waals surface area (Å²) < 4.78 is 0. The molecule has 1 aromatic rings. The fraction of sp³-hybridized carbons (Fsp3) is 0.542. The molecule has 2 aliphatic heterocycles. The van der Waals surface area contributed by atoms with Gasteiger partial charge in [-0.25, -0.2) is 4.79 Å². The first-order valence-corrected chi connectivity index (χ1v) is 11.4. The van der Waals surface area contributed by atoms with Crippen LogP contribution >= 0.6 is 0 Å². The number of allylic oxidation sites excluding steroid dienone is 1. The molecule has 2 fully saturated rings. The molecule has 1 spiro atoms. The maximum atomic E-state index is 13.2. The van der Waals surface area contributed by atoms with Gasteiger partial charge in [-0.1, -0.05) is 42.0 Å². The third-order valence-corrected chi connectivity index (χ3v) is 6.52. The van der Waals surface area contributed by atoms with Crippen molar-refractivity contribution in [3.05, 3.63) is 47.5 Å². The molecule has 2 saturated heterocycles. The van der Waals surface area contributed by atoms with Gasteiger partial charge in [0, 0.05) is 19.6 Å². The molecule has 0 saturated carbocycles. The van der Waals surface area contributed by atoms with Crippen molar-refractivity contribution < 1.29 is 14.4 Å². The Bertz CT molecular complexity index is 854. The van der Waals surface area contributed by atoms with Gasteiger partial charge in [0.15, 0.2) is 0 Å². The molecule has 4 rings (SSSR count). The van der Waals surface area contributed by atoms with Gasteiger partial charge in [-0.2, -0.15) is 0 Å². The Morgan fingerprint density at radius 3 is 2.74 bits per heavy atom. The van der Waals surface area contributed by atoms with Crippen molar-refractivity contribution in [3.8, 4) is 0 Å². The van der Waals surface area contributed by atoms with E-state index in [1.54, 1.807) is 0 Å². The number of piperidine rings is 1. The number of nitrogens with one attached hydrogen (secondary N) is 2. The predicted molar refractivity (Wildman–Crippen MR) is 118 cm³/mol. The van der Waals surface area contributed by atoms with E-state index in [0.29, 0.717) is 19.5 Å². The Morgan fingerprint density at radius 1 is 1.13 bits per heavy atom. The Kier molecular flexibility index (Phi) is 6.70. The fourth-order valence-corrected chi connectivity index (χ4v) is 4.91. The summed E-state index contributed by atoms with van der Waals surface area (Å²) in [5, 5.41) is 5.77. The Balaban J connectivity index is 1.31. The van der Waals surface area contributed by atoms with Crippen LogP contribution in [-0.2, 0) is 16.1 Å². The van der Waals surface area contributed by atoms with Crippen molar-refractivity contribution in [2.75, 3.05) is 26.2 Å². The molecular formula is C24H32N4O3. The fourth-order valence-electron chi connectivity index (χ4n) is 4.91. The lowest BCUT2D eigenvalue weighted by atomic mass is 9.88. The van der Waals surface area contributed by atoms with Gasteiger partial charge >= 0.3 is 6.03 Å². The van der Waals surface area contributed by atoms with E-state index in [4.69, 9.17) is 0 Å². The molecule has 0 bridgehead atoms. The molecule has 166 valence electrons. The van der Waals surface area contributed by atoms with Crippen molar-refractivity contribution >= 4 is 17.8 Å². The van der Waals surface area contributed by atoms with Crippen LogP contribution in [0.3, 0.4) is 0 Å². The summed E-state index contributed by atoms with van der Waals surface area (Å²) in [5.41, 5.74) is 1.65. The number of rotatable bonds is 7. The van der Waals surface area contributed by atoms with E-state index in [1.807, 2.05) is 18.2 Å². The van der Waals surface area contributed by atoms with Crippen molar-refractivity contribution in [2.45, 2.75) is 57.0 Å². The number of likely N-dealkylation sites (tertiary alicyclic amines) is 1. The minimum absolute atomic E-state index is 0.218. The van der Waals surface area contributed by atoms with Crippen LogP contribution in [0.4, 0.5) is 4.79 Å². The molecule has 0 aromatic heterocycles. The second-order valence-electron chi connectivity index (χ2n) is 8.91. The number of carbonyl (C=O) groups is 3. The van der Waals surface area contributed by atoms with Crippen molar-refractivity contribution in [1.82, 2.24) is 20.4 Å². The van der Waals surface area contributed by atoms with Crippen LogP contribution in [0.25, 0.3) is 0 Å². The molecule has 3 aliphatic rings. The molecule has 1 unspecified atom stereocenters. The van der Waals surface area contributed by atoms with Crippen LogP contribution in [-0.4, -0.2) is 59.4 Å². The minimum Gasteiger partial charge on any atom is -0.354 e. The zero-order chi connectivity index (χ0) is 21.7. The van der Waals surface area contributed by atoms with Gasteiger partial charge in [-0.3, -0.25) is 19.4 Å². The highest BCUT2D eigenvalue weighted by Gasteiger charge is 2.53. The first-order valence-electron chi connectivity index (χ1n) is 11.4. The zero-order valence-electron chi connectivity index (χ0n) is 18.1. The summed E-state index contributed by atoms with van der Waals surface area (Å²) in [4.78, 5) is 41.4. The summed E-state index contributed by atoms with van der Waals surface area (Å²) in [5.74, 6) is -0.561. The summed E-state index contributed by atoms with van der Waals surface area (Å²) in [7, 11) is 0. The van der Waals surface area contributed by atoms with E-state index < -0.39 is 11.6 Å². The van der Waals surface area contributed by atoms with Crippen LogP contribution in [0.15, 0.2) is 42.0 Å². The van der Waals surface area contributed by atoms with E-state index in [1.165, 1.54) is 24.0 Å². The number of hydrogen-bond acceptors (Lipinski definition) is 4. The van der Waals surface area contributed by atoms with Crippen LogP contribution in [0.1, 0.15) is 50.5 Å². The average Bonchev–Trinajstić information content (AvgIpc) is 2.99. The molecule has 2 heterocycles. The van der Waals surface area contributed by atoms with E-state index in [2.05, 4.69) is 33.7 Å². The van der Waals surface area contributed by atoms with Gasteiger partial charge < -0.3 is 10.6 Å². The van der Waals surface area contributed by atoms with E-state index in [0.717, 1.165) is 43.7 Å². The van der Waals surface area contributed by atoms with Gasteiger partial charge in [-0.05, 0) is 57.1 Å². The summed E-state index contributed by atoms with van der Waals surface area (Å²) >= 11 is 0. The highest BCUT2D eigenvalue weighted by Crippen LogP contribution is 2.29. The van der Waals surface area contributed by atoms with Gasteiger partial charge in [0.25, 0.3) is 5.91 Å². The number of carbonyl (C=O) groups excluding carboxylic acids is 3. The smallest absolute Gasteiger partial charge is 0.325 e. The first kappa shape index (κ1) is 21.6. The van der Waals surface area contributed by atoms with Gasteiger partial charge in [0.1, 0.15) is 12.1 Å². The normalized spacial score (nSPS) is 24.3. The molecular weight excluding hydrogens is 392 g/mol. The van der Waals surface area contributed by atoms with E-state index in [9.17, 15) is 14.4 Å². The van der Waals surface area contributed by atoms with Crippen LogP contribution < -0.4 is 10.6 Å². The van der Waals surface area contributed by atoms with Crippen LogP contribution in [0.2, 0.25) is 0 Å². The van der Waals surface area contributed by atoms with E-state index in [-0.39, 0.29) is 18.4 Å². The minimum atomic E-state index is -0.919. The zero-order valence-corrected chi connectivity index (χ0v) is 18.1. The second kappa shape index (κ2) is 9.64. The first-order chi connectivity index (χ1) is 15.1. The number of hydrogen-bond donors (Lipinski definition) is 2. The maximum Gasteiger partial charge on any atom is 0.325 e. The number of urea groups is 1. The van der Waals surface area contributed by atoms with Crippen molar-refractivity contribution in [3.63, 3.8) is 0 Å². The number of imide groups is 1. The highest BCUT2D eigenvalue weighted by atomic mass is 16.2. The number of amides is 4. The highest BCUT2D eigenvalue weighted by molar-refractivity contribution is 6.09. The van der Waals surface area contributed by atoms with Crippen LogP contribution in [0, 0.1) is 0 Å². The second-order valence-corrected chi connectivity index (χ2v) is 8.91. The summed E-state index contributed by atoms with van der Waals surface area (Å²) in [6.45, 7) is 2.42. The monoisotopic (exact) mass is 424 g/mol. The third kappa shape index (κ3) is 5.15. The molecule has 7 nitrogen and oxygen atoms in total. The van der Waals surface area contributed by atoms with Crippen molar-refractivity contribution in [2.24, 2.45) is 0 Å². The van der Waals surface area contributed by atoms with E-state index >= 15 is 0 Å². The molecule has 1 atom stereocenters. The molecule has 31 heavy (non-hydrogen) atoms. The number of benzene rings is 1. The molecule has 1 aromatic carbocycles. The lowest BCUT2D eigenvalue weighted by Crippen LogP contribution is -2.58. The van der Waals surface area contributed by atoms with Gasteiger partial charge in [-0.15, -0.1) is 0 Å². The topological polar surface area (TPSA) is 81.8 Å². The molecule has 2 N–H and O–H groups in total. The Hall–Kier alpha value is -2.67. The molecule has 1 aliphatic carbocycles. The average molecular weight is 425 g/mol. The standard InChI is InChI=1S/C24H32N4O3/c29-21(25-14-12-19-8-3-1-4-9-19)17-28-22(30)24(26-23(28)31)13-7-15-27(18-24)16-20-10-5-2-6-11-20/h2,5-6,8,10-11H,1,3-4,7,9,12-18H2,(H,25,29)(H,26,31). The Morgan fingerprint density at radius 2 is 1.97 bits per heavy atom. The lowest BCUT2D eigenvalue weighted by Gasteiger charge is -2.38. The third-order valence-electron chi connectivity index (χ3n) is 6.52. The SMILES string of the molecule is O=C(CN1C(=O)NC2(CCCN(Cc3ccccc3)C2)C1=O)NCCC1=CCCCC1. The lowest BCUT2D eigenvalue weighted by molar-refractivity contribution is -0.136. The van der Waals surface area contributed by atoms with Gasteiger partial charge in [0.05, 0.1) is 0 Å². The molecule has 0 radical (unpaired) electrons. The quantitative estimate of drug-likeness (QED) is 0.521. The summed E-state index contributed by atoms with van der Waals surface area (Å²) in [6, 6.07) is 9.66. The Labute approximate surface area is 183 Å². The van der Waals surface area contributed by atoms with Crippen molar-refractivity contribution in [1.29, 1.82) is 0 Å².